The highest BCUT2D eigenvalue weighted by atomic mass is 32.1. The van der Waals surface area contributed by atoms with Gasteiger partial charge in [-0.2, -0.15) is 0 Å². The average molecular weight is 245 g/mol. The predicted octanol–water partition coefficient (Wildman–Crippen LogP) is 4.22. The lowest BCUT2D eigenvalue weighted by Gasteiger charge is -2.14. The molecule has 2 rings (SSSR count). The van der Waals surface area contributed by atoms with E-state index in [1.807, 2.05) is 11.3 Å². The lowest BCUT2D eigenvalue weighted by atomic mass is 10.1. The average Bonchev–Trinajstić information content (AvgIpc) is 2.72. The number of benzene rings is 1. The minimum atomic E-state index is 0.399. The van der Waals surface area contributed by atoms with Crippen molar-refractivity contribution in [1.82, 2.24) is 5.32 Å². The molecule has 0 aliphatic carbocycles. The summed E-state index contributed by atoms with van der Waals surface area (Å²) in [5, 5.41) is 5.74. The summed E-state index contributed by atoms with van der Waals surface area (Å²) in [6.07, 6.45) is 0. The fourth-order valence-electron chi connectivity index (χ4n) is 1.89. The fourth-order valence-corrected chi connectivity index (χ4v) is 2.75. The molecule has 0 saturated carbocycles. The maximum Gasteiger partial charge on any atom is 0.0308 e. The number of aryl methyl sites for hydroxylation is 2. The Balaban J connectivity index is 1.98. The third-order valence-electron chi connectivity index (χ3n) is 3.08. The molecule has 0 aliphatic heterocycles. The number of rotatable bonds is 4. The summed E-state index contributed by atoms with van der Waals surface area (Å²) in [7, 11) is 0. The van der Waals surface area contributed by atoms with Crippen LogP contribution in [-0.2, 0) is 6.54 Å². The van der Waals surface area contributed by atoms with Gasteiger partial charge >= 0.3 is 0 Å². The zero-order valence-corrected chi connectivity index (χ0v) is 11.5. The van der Waals surface area contributed by atoms with E-state index in [1.54, 1.807) is 0 Å². The first-order valence-corrected chi connectivity index (χ1v) is 6.87. The van der Waals surface area contributed by atoms with Crippen molar-refractivity contribution in [3.05, 3.63) is 57.3 Å². The second kappa shape index (κ2) is 5.48. The predicted molar refractivity (Wildman–Crippen MR) is 75.5 cm³/mol. The summed E-state index contributed by atoms with van der Waals surface area (Å²) in [4.78, 5) is 1.43. The topological polar surface area (TPSA) is 12.0 Å². The van der Waals surface area contributed by atoms with Gasteiger partial charge in [0, 0.05) is 17.5 Å². The van der Waals surface area contributed by atoms with Gasteiger partial charge in [-0.15, -0.1) is 11.3 Å². The molecule has 0 saturated heterocycles. The first-order valence-electron chi connectivity index (χ1n) is 6.00. The van der Waals surface area contributed by atoms with Gasteiger partial charge in [0.15, 0.2) is 0 Å². The standard InChI is InChI=1S/C15H19NS/c1-11-5-4-6-14(9-11)13(3)16-10-15-12(2)7-8-17-15/h4-9,13,16H,10H2,1-3H3/t13-/m0/s1. The molecule has 0 unspecified atom stereocenters. The van der Waals surface area contributed by atoms with Gasteiger partial charge in [-0.05, 0) is 43.3 Å². The molecule has 0 radical (unpaired) electrons. The van der Waals surface area contributed by atoms with E-state index in [1.165, 1.54) is 21.6 Å². The van der Waals surface area contributed by atoms with Crippen molar-refractivity contribution >= 4 is 11.3 Å². The summed E-state index contributed by atoms with van der Waals surface area (Å²) < 4.78 is 0. The van der Waals surface area contributed by atoms with Gasteiger partial charge in [-0.3, -0.25) is 0 Å². The minimum Gasteiger partial charge on any atom is -0.305 e. The maximum atomic E-state index is 3.58. The molecular weight excluding hydrogens is 226 g/mol. The number of thiophene rings is 1. The van der Waals surface area contributed by atoms with E-state index in [0.717, 1.165) is 6.54 Å². The molecule has 2 heteroatoms. The Hall–Kier alpha value is -1.12. The van der Waals surface area contributed by atoms with Crippen molar-refractivity contribution < 1.29 is 0 Å². The molecule has 1 nitrogen and oxygen atoms in total. The van der Waals surface area contributed by atoms with Crippen molar-refractivity contribution in [3.8, 4) is 0 Å². The molecule has 17 heavy (non-hydrogen) atoms. The third kappa shape index (κ3) is 3.18. The lowest BCUT2D eigenvalue weighted by Crippen LogP contribution is -2.17. The van der Waals surface area contributed by atoms with Gasteiger partial charge in [0.1, 0.15) is 0 Å². The third-order valence-corrected chi connectivity index (χ3v) is 4.10. The fraction of sp³-hybridized carbons (Fsp3) is 0.333. The highest BCUT2D eigenvalue weighted by Crippen LogP contribution is 2.18. The summed E-state index contributed by atoms with van der Waals surface area (Å²) in [5.74, 6) is 0. The second-order valence-electron chi connectivity index (χ2n) is 4.54. The number of nitrogens with one attached hydrogen (secondary N) is 1. The molecule has 0 aliphatic rings. The van der Waals surface area contributed by atoms with Crippen LogP contribution in [0.15, 0.2) is 35.7 Å². The van der Waals surface area contributed by atoms with Gasteiger partial charge in [0.25, 0.3) is 0 Å². The van der Waals surface area contributed by atoms with E-state index in [9.17, 15) is 0 Å². The number of hydrogen-bond donors (Lipinski definition) is 1. The van der Waals surface area contributed by atoms with Crippen LogP contribution in [0.4, 0.5) is 0 Å². The summed E-state index contributed by atoms with van der Waals surface area (Å²) in [6.45, 7) is 7.49. The normalized spacial score (nSPS) is 12.6. The van der Waals surface area contributed by atoms with Crippen LogP contribution in [0, 0.1) is 13.8 Å². The van der Waals surface area contributed by atoms with Crippen LogP contribution >= 0.6 is 11.3 Å². The lowest BCUT2D eigenvalue weighted by molar-refractivity contribution is 0.577. The summed E-state index contributed by atoms with van der Waals surface area (Å²) in [5.41, 5.74) is 4.07. The van der Waals surface area contributed by atoms with Gasteiger partial charge in [0.2, 0.25) is 0 Å². The molecule has 2 aromatic rings. The summed E-state index contributed by atoms with van der Waals surface area (Å²) >= 11 is 1.83. The Kier molecular flexibility index (Phi) is 3.97. The smallest absolute Gasteiger partial charge is 0.0308 e. The zero-order chi connectivity index (χ0) is 12.3. The molecule has 0 amide bonds. The van der Waals surface area contributed by atoms with Crippen LogP contribution in [0.1, 0.15) is 34.5 Å². The molecule has 0 spiro atoms. The second-order valence-corrected chi connectivity index (χ2v) is 5.54. The molecule has 0 fully saturated rings. The van der Waals surface area contributed by atoms with Gasteiger partial charge < -0.3 is 5.32 Å². The van der Waals surface area contributed by atoms with Crippen molar-refractivity contribution in [2.24, 2.45) is 0 Å². The Bertz CT molecular complexity index is 487. The highest BCUT2D eigenvalue weighted by Gasteiger charge is 2.06. The monoisotopic (exact) mass is 245 g/mol. The first kappa shape index (κ1) is 12.3. The Morgan fingerprint density at radius 2 is 2.06 bits per heavy atom. The quantitative estimate of drug-likeness (QED) is 0.850. The Morgan fingerprint density at radius 3 is 2.71 bits per heavy atom. The molecule has 1 N–H and O–H groups in total. The van der Waals surface area contributed by atoms with Crippen molar-refractivity contribution in [2.75, 3.05) is 0 Å². The van der Waals surface area contributed by atoms with E-state index in [0.29, 0.717) is 6.04 Å². The van der Waals surface area contributed by atoms with Crippen LogP contribution < -0.4 is 5.32 Å². The van der Waals surface area contributed by atoms with Crippen LogP contribution in [-0.4, -0.2) is 0 Å². The summed E-state index contributed by atoms with van der Waals surface area (Å²) in [6, 6.07) is 11.3. The van der Waals surface area contributed by atoms with Crippen molar-refractivity contribution in [1.29, 1.82) is 0 Å². The molecule has 90 valence electrons. The van der Waals surface area contributed by atoms with E-state index < -0.39 is 0 Å². The van der Waals surface area contributed by atoms with E-state index >= 15 is 0 Å². The Labute approximate surface area is 108 Å². The van der Waals surface area contributed by atoms with Gasteiger partial charge in [-0.1, -0.05) is 29.8 Å². The van der Waals surface area contributed by atoms with Crippen LogP contribution in [0.25, 0.3) is 0 Å². The van der Waals surface area contributed by atoms with E-state index in [-0.39, 0.29) is 0 Å². The molecule has 0 bridgehead atoms. The molecular formula is C15H19NS. The minimum absolute atomic E-state index is 0.399. The van der Waals surface area contributed by atoms with Crippen molar-refractivity contribution in [2.45, 2.75) is 33.4 Å². The van der Waals surface area contributed by atoms with Crippen LogP contribution in [0.5, 0.6) is 0 Å². The van der Waals surface area contributed by atoms with Crippen molar-refractivity contribution in [3.63, 3.8) is 0 Å². The van der Waals surface area contributed by atoms with Gasteiger partial charge in [0.05, 0.1) is 0 Å². The highest BCUT2D eigenvalue weighted by molar-refractivity contribution is 7.10. The van der Waals surface area contributed by atoms with Crippen LogP contribution in [0.2, 0.25) is 0 Å². The number of hydrogen-bond acceptors (Lipinski definition) is 2. The molecule has 1 atom stereocenters. The maximum absolute atomic E-state index is 3.58. The first-order chi connectivity index (χ1) is 8.16. The molecule has 1 aromatic heterocycles. The SMILES string of the molecule is Cc1cccc([C@H](C)NCc2sccc2C)c1. The largest absolute Gasteiger partial charge is 0.305 e. The Morgan fingerprint density at radius 1 is 1.24 bits per heavy atom. The van der Waals surface area contributed by atoms with E-state index in [4.69, 9.17) is 0 Å². The zero-order valence-electron chi connectivity index (χ0n) is 10.7. The van der Waals surface area contributed by atoms with Gasteiger partial charge in [-0.25, -0.2) is 0 Å². The van der Waals surface area contributed by atoms with E-state index in [2.05, 4.69) is 61.8 Å². The molecule has 1 heterocycles. The van der Waals surface area contributed by atoms with Crippen LogP contribution in [0.3, 0.4) is 0 Å². The molecule has 1 aromatic carbocycles.